The number of methoxy groups -OCH3 is 1. The molecule has 4 aromatic rings. The maximum atomic E-state index is 15.0. The Bertz CT molecular complexity index is 2070. The van der Waals surface area contributed by atoms with E-state index in [9.17, 15) is 18.4 Å². The number of likely N-dealkylation sites (tertiary alicyclic amines) is 1. The minimum absolute atomic E-state index is 0.00318. The summed E-state index contributed by atoms with van der Waals surface area (Å²) in [5.41, 5.74) is 13.0. The zero-order valence-corrected chi connectivity index (χ0v) is 31.9. The fourth-order valence-corrected chi connectivity index (χ4v) is 8.23. The SMILES string of the molecule is CC.COC[C@]1(C(=O)Cc2ccc(N)c(C3CC3c3ccnc(C4CC4)c3)c2)CCN(CC(=O)N2CC=C(c3ccc(-c4ncc(F)cn4)c(F)c3)CC2)C1. The molecule has 2 unspecified atom stereocenters. The number of nitrogens with two attached hydrogens (primary N) is 1. The van der Waals surface area contributed by atoms with Crippen molar-refractivity contribution in [2.24, 2.45) is 5.41 Å². The van der Waals surface area contributed by atoms with E-state index in [0.29, 0.717) is 63.4 Å². The summed E-state index contributed by atoms with van der Waals surface area (Å²) in [6, 6.07) is 15.2. The number of halogens is 2. The number of amides is 1. The summed E-state index contributed by atoms with van der Waals surface area (Å²) in [6.07, 6.45) is 10.9. The van der Waals surface area contributed by atoms with Gasteiger partial charge in [0.1, 0.15) is 11.6 Å². The second kappa shape index (κ2) is 16.5. The van der Waals surface area contributed by atoms with Gasteiger partial charge in [-0.2, -0.15) is 0 Å². The van der Waals surface area contributed by atoms with Crippen LogP contribution in [0, 0.1) is 17.0 Å². The number of benzene rings is 2. The molecular formula is C44H50F2N6O3. The molecule has 4 aliphatic rings. The van der Waals surface area contributed by atoms with E-state index < -0.39 is 17.0 Å². The lowest BCUT2D eigenvalue weighted by atomic mass is 9.80. The Morgan fingerprint density at radius 1 is 0.982 bits per heavy atom. The number of nitrogen functional groups attached to an aromatic ring is 1. The zero-order chi connectivity index (χ0) is 38.7. The minimum atomic E-state index is -0.695. The van der Waals surface area contributed by atoms with Crippen molar-refractivity contribution < 1.29 is 23.1 Å². The average molecular weight is 749 g/mol. The molecule has 8 rings (SSSR count). The molecule has 1 amide bonds. The number of ether oxygens (including phenoxy) is 1. The van der Waals surface area contributed by atoms with Crippen molar-refractivity contribution in [1.29, 1.82) is 0 Å². The van der Waals surface area contributed by atoms with Crippen molar-refractivity contribution in [3.8, 4) is 11.4 Å². The number of Topliss-reactive ketones (excluding diaryl/α,β-unsaturated/α-hetero) is 1. The van der Waals surface area contributed by atoms with Gasteiger partial charge in [0.05, 0.1) is 36.5 Å². The number of ketones is 1. The molecule has 288 valence electrons. The number of aromatic nitrogens is 3. The van der Waals surface area contributed by atoms with Crippen molar-refractivity contribution in [2.45, 2.75) is 70.1 Å². The fraction of sp³-hybridized carbons (Fsp3) is 0.432. The molecule has 3 atom stereocenters. The highest BCUT2D eigenvalue weighted by Gasteiger charge is 2.45. The number of nitrogens with zero attached hydrogens (tertiary/aromatic N) is 5. The van der Waals surface area contributed by atoms with Gasteiger partial charge in [-0.15, -0.1) is 0 Å². The van der Waals surface area contributed by atoms with Crippen LogP contribution in [0.1, 0.15) is 91.7 Å². The van der Waals surface area contributed by atoms with Gasteiger partial charge in [-0.1, -0.05) is 38.1 Å². The topological polar surface area (TPSA) is 115 Å². The van der Waals surface area contributed by atoms with Crippen molar-refractivity contribution in [1.82, 2.24) is 24.8 Å². The van der Waals surface area contributed by atoms with E-state index in [-0.39, 0.29) is 36.0 Å². The molecule has 1 saturated heterocycles. The molecule has 2 aliphatic heterocycles. The summed E-state index contributed by atoms with van der Waals surface area (Å²) in [5.74, 6) is 0.533. The van der Waals surface area contributed by atoms with Crippen LogP contribution in [0.4, 0.5) is 14.5 Å². The van der Waals surface area contributed by atoms with Crippen LogP contribution in [0.5, 0.6) is 0 Å². The lowest BCUT2D eigenvalue weighted by Crippen LogP contribution is -2.44. The first-order valence-corrected chi connectivity index (χ1v) is 19.5. The number of anilines is 1. The Morgan fingerprint density at radius 3 is 2.49 bits per heavy atom. The molecular weight excluding hydrogens is 699 g/mol. The van der Waals surface area contributed by atoms with Gasteiger partial charge in [-0.25, -0.2) is 18.7 Å². The number of carbonyl (C=O) groups is 2. The quantitative estimate of drug-likeness (QED) is 0.150. The Kier molecular flexibility index (Phi) is 11.5. The molecule has 2 N–H and O–H groups in total. The van der Waals surface area contributed by atoms with E-state index in [0.717, 1.165) is 46.8 Å². The summed E-state index contributed by atoms with van der Waals surface area (Å²) in [6.45, 7) is 6.53. The first-order chi connectivity index (χ1) is 26.7. The third-order valence-corrected chi connectivity index (χ3v) is 11.5. The molecule has 0 bridgehead atoms. The van der Waals surface area contributed by atoms with Crippen LogP contribution in [-0.2, 0) is 20.7 Å². The van der Waals surface area contributed by atoms with E-state index in [1.807, 2.05) is 38.3 Å². The lowest BCUT2D eigenvalue weighted by molar-refractivity contribution is -0.134. The third kappa shape index (κ3) is 8.53. The molecule has 11 heteroatoms. The lowest BCUT2D eigenvalue weighted by Gasteiger charge is -2.30. The number of carbonyl (C=O) groups excluding carboxylic acids is 2. The predicted molar refractivity (Wildman–Crippen MR) is 209 cm³/mol. The molecule has 2 saturated carbocycles. The van der Waals surface area contributed by atoms with Crippen molar-refractivity contribution in [2.75, 3.05) is 52.2 Å². The van der Waals surface area contributed by atoms with Crippen LogP contribution in [0.25, 0.3) is 17.0 Å². The van der Waals surface area contributed by atoms with Crippen LogP contribution in [0.15, 0.2) is 73.2 Å². The number of pyridine rings is 1. The Labute approximate surface area is 322 Å². The van der Waals surface area contributed by atoms with E-state index in [4.69, 9.17) is 10.5 Å². The van der Waals surface area contributed by atoms with Crippen LogP contribution in [0.3, 0.4) is 0 Å². The summed E-state index contributed by atoms with van der Waals surface area (Å²) in [4.78, 5) is 43.7. The Morgan fingerprint density at radius 2 is 1.78 bits per heavy atom. The maximum absolute atomic E-state index is 15.0. The summed E-state index contributed by atoms with van der Waals surface area (Å²) >= 11 is 0. The van der Waals surface area contributed by atoms with Crippen molar-refractivity contribution in [3.05, 3.63) is 113 Å². The number of hydrogen-bond donors (Lipinski definition) is 1. The highest BCUT2D eigenvalue weighted by Crippen LogP contribution is 2.56. The second-order valence-corrected chi connectivity index (χ2v) is 15.2. The van der Waals surface area contributed by atoms with Gasteiger partial charge in [0, 0.05) is 56.7 Å². The number of rotatable bonds is 12. The van der Waals surface area contributed by atoms with Gasteiger partial charge in [-0.05, 0) is 109 Å². The average Bonchev–Trinajstić information content (AvgIpc) is 4.15. The second-order valence-electron chi connectivity index (χ2n) is 15.2. The van der Waals surface area contributed by atoms with Gasteiger partial charge in [0.15, 0.2) is 11.6 Å². The van der Waals surface area contributed by atoms with E-state index in [1.54, 1.807) is 24.1 Å². The Hall–Kier alpha value is -4.87. The van der Waals surface area contributed by atoms with Gasteiger partial charge in [0.25, 0.3) is 0 Å². The molecule has 9 nitrogen and oxygen atoms in total. The van der Waals surface area contributed by atoms with Gasteiger partial charge in [0.2, 0.25) is 5.91 Å². The Balaban J connectivity index is 0.00000229. The van der Waals surface area contributed by atoms with Gasteiger partial charge < -0.3 is 15.4 Å². The molecule has 0 radical (unpaired) electrons. The van der Waals surface area contributed by atoms with E-state index in [2.05, 4.69) is 38.1 Å². The van der Waals surface area contributed by atoms with Crippen LogP contribution in [0.2, 0.25) is 0 Å². The summed E-state index contributed by atoms with van der Waals surface area (Å²) < 4.78 is 33.8. The van der Waals surface area contributed by atoms with Crippen molar-refractivity contribution >= 4 is 23.0 Å². The maximum Gasteiger partial charge on any atom is 0.237 e. The standard InChI is InChI=1S/C42H44F2N6O3.C2H6/c1-53-25-42(39(51)17-26-2-7-37(45)35(16-26)34-20-33(34)30-8-12-46-38(19-30)28-3-4-28)11-15-49(24-42)23-40(52)50-13-9-27(10-14-50)29-5-6-32(36(44)18-29)41-47-21-31(43)22-48-41;1-2/h2,5-9,12,16,18-19,21-22,28,33-34H,3-4,10-11,13-15,17,20,23-25,45H2,1H3;1-2H3/t33?,34?,42-;/m0./s1. The first-order valence-electron chi connectivity index (χ1n) is 19.5. The molecule has 0 spiro atoms. The van der Waals surface area contributed by atoms with E-state index in [1.165, 1.54) is 30.2 Å². The number of hydrogen-bond acceptors (Lipinski definition) is 8. The molecule has 4 heterocycles. The molecule has 2 aromatic carbocycles. The molecule has 2 aliphatic carbocycles. The molecule has 55 heavy (non-hydrogen) atoms. The first kappa shape index (κ1) is 38.4. The van der Waals surface area contributed by atoms with E-state index >= 15 is 0 Å². The molecule has 3 fully saturated rings. The van der Waals surface area contributed by atoms with Crippen LogP contribution >= 0.6 is 0 Å². The van der Waals surface area contributed by atoms with Gasteiger partial charge in [-0.3, -0.25) is 19.5 Å². The highest BCUT2D eigenvalue weighted by atomic mass is 19.1. The summed E-state index contributed by atoms with van der Waals surface area (Å²) in [5, 5.41) is 0. The highest BCUT2D eigenvalue weighted by molar-refractivity contribution is 5.88. The van der Waals surface area contributed by atoms with Gasteiger partial charge >= 0.3 is 0 Å². The third-order valence-electron chi connectivity index (χ3n) is 11.5. The fourth-order valence-electron chi connectivity index (χ4n) is 8.23. The zero-order valence-electron chi connectivity index (χ0n) is 31.9. The largest absolute Gasteiger partial charge is 0.398 e. The monoisotopic (exact) mass is 748 g/mol. The van der Waals surface area contributed by atoms with Crippen molar-refractivity contribution in [3.63, 3.8) is 0 Å². The van der Waals surface area contributed by atoms with Crippen LogP contribution < -0.4 is 5.73 Å². The molecule has 2 aromatic heterocycles. The summed E-state index contributed by atoms with van der Waals surface area (Å²) in [7, 11) is 1.62. The smallest absolute Gasteiger partial charge is 0.237 e. The minimum Gasteiger partial charge on any atom is -0.398 e. The normalized spacial score (nSPS) is 22.1. The predicted octanol–water partition coefficient (Wildman–Crippen LogP) is 7.34. The van der Waals surface area contributed by atoms with Crippen LogP contribution in [-0.4, -0.2) is 82.9 Å².